The van der Waals surface area contributed by atoms with Crippen molar-refractivity contribution in [2.75, 3.05) is 6.61 Å². The van der Waals surface area contributed by atoms with E-state index in [1.807, 2.05) is 36.7 Å². The summed E-state index contributed by atoms with van der Waals surface area (Å²) >= 11 is 0. The van der Waals surface area contributed by atoms with Crippen LogP contribution < -0.4 is 4.74 Å². The highest BCUT2D eigenvalue weighted by Crippen LogP contribution is 2.21. The molecule has 0 aliphatic rings. The van der Waals surface area contributed by atoms with Gasteiger partial charge < -0.3 is 4.74 Å². The fraction of sp³-hybridized carbons (Fsp3) is 0.677. The maximum absolute atomic E-state index is 14.1. The number of alkyl halides is 1. The van der Waals surface area contributed by atoms with E-state index in [9.17, 15) is 4.39 Å². The zero-order valence-corrected chi connectivity index (χ0v) is 22.6. The highest BCUT2D eigenvalue weighted by atomic mass is 19.1. The molecule has 0 fully saturated rings. The smallest absolute Gasteiger partial charge is 0.159 e. The second-order valence-electron chi connectivity index (χ2n) is 10.3. The zero-order chi connectivity index (χ0) is 25.1. The van der Waals surface area contributed by atoms with Crippen LogP contribution in [0.15, 0.2) is 36.7 Å². The Labute approximate surface area is 214 Å². The average Bonchev–Trinajstić information content (AvgIpc) is 2.88. The normalized spacial score (nSPS) is 13.0. The summed E-state index contributed by atoms with van der Waals surface area (Å²) in [5.41, 5.74) is 2.16. The first-order valence-corrected chi connectivity index (χ1v) is 14.3. The molecule has 2 atom stereocenters. The molecular weight excluding hydrogens is 435 g/mol. The lowest BCUT2D eigenvalue weighted by molar-refractivity contribution is 0.178. The van der Waals surface area contributed by atoms with Gasteiger partial charge in [-0.15, -0.1) is 0 Å². The Hall–Kier alpha value is -1.97. The van der Waals surface area contributed by atoms with Crippen molar-refractivity contribution < 1.29 is 9.13 Å². The van der Waals surface area contributed by atoms with Crippen LogP contribution in [0, 0.1) is 5.92 Å². The highest BCUT2D eigenvalue weighted by Gasteiger charge is 2.11. The van der Waals surface area contributed by atoms with Gasteiger partial charge in [-0.25, -0.2) is 14.4 Å². The van der Waals surface area contributed by atoms with Gasteiger partial charge in [-0.05, 0) is 61.4 Å². The third kappa shape index (κ3) is 13.1. The van der Waals surface area contributed by atoms with Crippen LogP contribution in [-0.2, 0) is 6.42 Å². The lowest BCUT2D eigenvalue weighted by Crippen LogP contribution is -2.14. The minimum atomic E-state index is -0.916. The Morgan fingerprint density at radius 1 is 0.743 bits per heavy atom. The average molecular weight is 485 g/mol. The van der Waals surface area contributed by atoms with E-state index in [2.05, 4.69) is 30.7 Å². The maximum atomic E-state index is 14.1. The number of aromatic nitrogens is 2. The summed E-state index contributed by atoms with van der Waals surface area (Å²) in [7, 11) is 0. The summed E-state index contributed by atoms with van der Waals surface area (Å²) in [5.74, 6) is 1.99. The molecule has 1 aromatic heterocycles. The van der Waals surface area contributed by atoms with Gasteiger partial charge in [0.15, 0.2) is 5.82 Å². The van der Waals surface area contributed by atoms with Crippen LogP contribution in [0.2, 0.25) is 0 Å². The summed E-state index contributed by atoms with van der Waals surface area (Å²) < 4.78 is 19.8. The van der Waals surface area contributed by atoms with Gasteiger partial charge in [0.2, 0.25) is 0 Å². The van der Waals surface area contributed by atoms with Gasteiger partial charge in [-0.3, -0.25) is 0 Å². The molecule has 3 nitrogen and oxygen atoms in total. The highest BCUT2D eigenvalue weighted by molar-refractivity contribution is 5.55. The van der Waals surface area contributed by atoms with Crippen molar-refractivity contribution in [2.24, 2.45) is 5.92 Å². The number of hydrogen-bond donors (Lipinski definition) is 0. The van der Waals surface area contributed by atoms with Gasteiger partial charge in [0.1, 0.15) is 18.5 Å². The Bertz CT molecular complexity index is 763. The molecule has 2 aromatic rings. The van der Waals surface area contributed by atoms with Crippen LogP contribution in [0.1, 0.15) is 116 Å². The van der Waals surface area contributed by atoms with Gasteiger partial charge in [-0.1, -0.05) is 91.4 Å². The molecule has 196 valence electrons. The predicted octanol–water partition coefficient (Wildman–Crippen LogP) is 9.54. The molecule has 4 heteroatoms. The Morgan fingerprint density at radius 2 is 1.34 bits per heavy atom. The van der Waals surface area contributed by atoms with Gasteiger partial charge in [0.05, 0.1) is 0 Å². The van der Waals surface area contributed by atoms with E-state index in [-0.39, 0.29) is 6.61 Å². The number of benzene rings is 1. The summed E-state index contributed by atoms with van der Waals surface area (Å²) in [6.07, 6.45) is 21.4. The fourth-order valence-corrected chi connectivity index (χ4v) is 4.52. The number of unbranched alkanes of at least 4 members (excludes halogenated alkanes) is 9. The van der Waals surface area contributed by atoms with E-state index in [1.165, 1.54) is 69.8 Å². The van der Waals surface area contributed by atoms with Crippen molar-refractivity contribution >= 4 is 0 Å². The van der Waals surface area contributed by atoms with Gasteiger partial charge in [0.25, 0.3) is 0 Å². The standard InChI is InChI=1S/C31H49FN2O/c1-4-6-7-8-9-10-11-12-13-14-16-27-23-33-31(34-24-27)28-18-21-30(22-19-28)35-25-29(32)20-17-26(3)15-5-2/h18-19,21-24,26,29H,4-17,20,25H2,1-3H3. The number of ether oxygens (including phenoxy) is 1. The summed E-state index contributed by atoms with van der Waals surface area (Å²) in [6.45, 7) is 6.76. The maximum Gasteiger partial charge on any atom is 0.159 e. The predicted molar refractivity (Wildman–Crippen MR) is 147 cm³/mol. The van der Waals surface area contributed by atoms with Crippen LogP contribution in [0.4, 0.5) is 4.39 Å². The molecule has 0 N–H and O–H groups in total. The van der Waals surface area contributed by atoms with E-state index < -0.39 is 6.17 Å². The van der Waals surface area contributed by atoms with E-state index >= 15 is 0 Å². The summed E-state index contributed by atoms with van der Waals surface area (Å²) in [6, 6.07) is 7.65. The van der Waals surface area contributed by atoms with E-state index in [0.717, 1.165) is 37.1 Å². The van der Waals surface area contributed by atoms with E-state index in [0.29, 0.717) is 18.1 Å². The van der Waals surface area contributed by atoms with Crippen molar-refractivity contribution in [3.63, 3.8) is 0 Å². The van der Waals surface area contributed by atoms with Crippen LogP contribution in [0.3, 0.4) is 0 Å². The topological polar surface area (TPSA) is 35.0 Å². The first-order chi connectivity index (χ1) is 17.1. The van der Waals surface area contributed by atoms with Gasteiger partial charge >= 0.3 is 0 Å². The zero-order valence-electron chi connectivity index (χ0n) is 22.6. The van der Waals surface area contributed by atoms with Gasteiger partial charge in [-0.2, -0.15) is 0 Å². The van der Waals surface area contributed by atoms with Crippen LogP contribution in [-0.4, -0.2) is 22.7 Å². The lowest BCUT2D eigenvalue weighted by Gasteiger charge is -2.14. The molecule has 0 saturated carbocycles. The molecule has 2 unspecified atom stereocenters. The van der Waals surface area contributed by atoms with Gasteiger partial charge in [0, 0.05) is 18.0 Å². The van der Waals surface area contributed by atoms with E-state index in [1.54, 1.807) is 0 Å². The lowest BCUT2D eigenvalue weighted by atomic mass is 9.99. The van der Waals surface area contributed by atoms with Crippen molar-refractivity contribution in [2.45, 2.75) is 123 Å². The number of nitrogens with zero attached hydrogens (tertiary/aromatic N) is 2. The number of hydrogen-bond acceptors (Lipinski definition) is 3. The molecule has 0 saturated heterocycles. The molecule has 0 bridgehead atoms. The molecular formula is C31H49FN2O. The molecule has 0 aliphatic carbocycles. The monoisotopic (exact) mass is 484 g/mol. The second kappa shape index (κ2) is 18.3. The quantitative estimate of drug-likeness (QED) is 0.175. The minimum absolute atomic E-state index is 0.113. The fourth-order valence-electron chi connectivity index (χ4n) is 4.52. The van der Waals surface area contributed by atoms with Crippen molar-refractivity contribution in [3.8, 4) is 17.1 Å². The molecule has 35 heavy (non-hydrogen) atoms. The third-order valence-corrected chi connectivity index (χ3v) is 6.82. The summed E-state index contributed by atoms with van der Waals surface area (Å²) in [5, 5.41) is 0. The molecule has 1 heterocycles. The minimum Gasteiger partial charge on any atom is -0.491 e. The molecule has 0 radical (unpaired) electrons. The molecule has 0 spiro atoms. The number of aryl methyl sites for hydroxylation is 1. The van der Waals surface area contributed by atoms with Crippen LogP contribution in [0.5, 0.6) is 5.75 Å². The first-order valence-electron chi connectivity index (χ1n) is 14.3. The van der Waals surface area contributed by atoms with Crippen molar-refractivity contribution in [3.05, 3.63) is 42.2 Å². The Morgan fingerprint density at radius 3 is 1.94 bits per heavy atom. The van der Waals surface area contributed by atoms with Crippen LogP contribution >= 0.6 is 0 Å². The molecule has 0 aliphatic heterocycles. The third-order valence-electron chi connectivity index (χ3n) is 6.82. The second-order valence-corrected chi connectivity index (χ2v) is 10.3. The number of halogens is 1. The Balaban J connectivity index is 1.63. The van der Waals surface area contributed by atoms with Crippen molar-refractivity contribution in [1.82, 2.24) is 9.97 Å². The molecule has 1 aromatic carbocycles. The Kier molecular flexibility index (Phi) is 15.3. The SMILES string of the molecule is CCCCCCCCCCCCc1cnc(-c2ccc(OCC(F)CCC(C)CCC)cc2)nc1. The van der Waals surface area contributed by atoms with Crippen LogP contribution in [0.25, 0.3) is 11.4 Å². The van der Waals surface area contributed by atoms with Crippen molar-refractivity contribution in [1.29, 1.82) is 0 Å². The summed E-state index contributed by atoms with van der Waals surface area (Å²) in [4.78, 5) is 9.12. The van der Waals surface area contributed by atoms with E-state index in [4.69, 9.17) is 4.74 Å². The number of rotatable bonds is 20. The first kappa shape index (κ1) is 29.3. The molecule has 2 rings (SSSR count). The largest absolute Gasteiger partial charge is 0.491 e. The molecule has 0 amide bonds.